The Bertz CT molecular complexity index is 628. The molecule has 2 aromatic rings. The molecule has 1 atom stereocenters. The number of nitrogens with zero attached hydrogens (tertiary/aromatic N) is 4. The van der Waals surface area contributed by atoms with E-state index in [1.165, 1.54) is 4.88 Å². The van der Waals surface area contributed by atoms with Crippen LogP contribution in [0.15, 0.2) is 6.07 Å². The number of hydrogen-bond donors (Lipinski definition) is 1. The average Bonchev–Trinajstić information content (AvgIpc) is 2.76. The van der Waals surface area contributed by atoms with Crippen LogP contribution in [-0.4, -0.2) is 30.6 Å². The molecule has 0 aliphatic rings. The molecule has 6 heteroatoms. The Kier molecular flexibility index (Phi) is 3.86. The number of nitriles is 1. The summed E-state index contributed by atoms with van der Waals surface area (Å²) in [6, 6.07) is 4.35. The van der Waals surface area contributed by atoms with Crippen LogP contribution < -0.4 is 10.2 Å². The lowest BCUT2D eigenvalue weighted by Gasteiger charge is -2.20. The van der Waals surface area contributed by atoms with Gasteiger partial charge in [-0.1, -0.05) is 0 Å². The van der Waals surface area contributed by atoms with E-state index in [4.69, 9.17) is 5.26 Å². The van der Waals surface area contributed by atoms with Gasteiger partial charge in [-0.3, -0.25) is 0 Å². The number of nitrogens with one attached hydrogen (secondary N) is 1. The van der Waals surface area contributed by atoms with Crippen LogP contribution in [0.4, 0.5) is 11.8 Å². The summed E-state index contributed by atoms with van der Waals surface area (Å²) in [6.45, 7) is 4.63. The highest BCUT2D eigenvalue weighted by Crippen LogP contribution is 2.31. The first-order valence-electron chi connectivity index (χ1n) is 6.11. The number of hydrogen-bond acceptors (Lipinski definition) is 6. The first kappa shape index (κ1) is 13.6. The van der Waals surface area contributed by atoms with E-state index in [-0.39, 0.29) is 5.92 Å². The maximum atomic E-state index is 8.93. The quantitative estimate of drug-likeness (QED) is 0.929. The van der Waals surface area contributed by atoms with Crippen molar-refractivity contribution >= 4 is 33.3 Å². The van der Waals surface area contributed by atoms with Crippen LogP contribution in [0.2, 0.25) is 0 Å². The van der Waals surface area contributed by atoms with E-state index >= 15 is 0 Å². The minimum absolute atomic E-state index is 0.0345. The Balaban J connectivity index is 2.48. The highest BCUT2D eigenvalue weighted by molar-refractivity contribution is 7.18. The highest BCUT2D eigenvalue weighted by atomic mass is 32.1. The number of rotatable bonds is 4. The van der Waals surface area contributed by atoms with E-state index in [1.54, 1.807) is 11.3 Å². The van der Waals surface area contributed by atoms with Gasteiger partial charge in [0.15, 0.2) is 0 Å². The van der Waals surface area contributed by atoms with Crippen molar-refractivity contribution in [1.82, 2.24) is 9.97 Å². The molecule has 1 unspecified atom stereocenters. The smallest absolute Gasteiger partial charge is 0.225 e. The lowest BCUT2D eigenvalue weighted by molar-refractivity contribution is 0.712. The van der Waals surface area contributed by atoms with Crippen LogP contribution in [0.25, 0.3) is 10.2 Å². The monoisotopic (exact) mass is 275 g/mol. The Morgan fingerprint density at radius 1 is 1.53 bits per heavy atom. The van der Waals surface area contributed by atoms with E-state index in [0.717, 1.165) is 16.0 Å². The summed E-state index contributed by atoms with van der Waals surface area (Å²) < 4.78 is 0. The van der Waals surface area contributed by atoms with Crippen LogP contribution in [0.5, 0.6) is 0 Å². The van der Waals surface area contributed by atoms with Crippen LogP contribution >= 0.6 is 11.3 Å². The average molecular weight is 275 g/mol. The fourth-order valence-corrected chi connectivity index (χ4v) is 2.84. The van der Waals surface area contributed by atoms with E-state index in [0.29, 0.717) is 12.5 Å². The van der Waals surface area contributed by atoms with Gasteiger partial charge in [-0.2, -0.15) is 10.2 Å². The molecule has 19 heavy (non-hydrogen) atoms. The van der Waals surface area contributed by atoms with Crippen molar-refractivity contribution in [3.8, 4) is 6.07 Å². The van der Waals surface area contributed by atoms with E-state index in [1.807, 2.05) is 25.9 Å². The number of anilines is 2. The molecule has 0 amide bonds. The maximum absolute atomic E-state index is 8.93. The zero-order valence-electron chi connectivity index (χ0n) is 11.6. The third-order valence-electron chi connectivity index (χ3n) is 2.85. The third-order valence-corrected chi connectivity index (χ3v) is 3.79. The Morgan fingerprint density at radius 2 is 2.26 bits per heavy atom. The molecule has 0 fully saturated rings. The molecule has 0 aliphatic carbocycles. The predicted molar refractivity (Wildman–Crippen MR) is 79.7 cm³/mol. The first-order chi connectivity index (χ1) is 9.05. The summed E-state index contributed by atoms with van der Waals surface area (Å²) in [5.41, 5.74) is 0. The fraction of sp³-hybridized carbons (Fsp3) is 0.462. The van der Waals surface area contributed by atoms with Gasteiger partial charge < -0.3 is 10.2 Å². The zero-order valence-corrected chi connectivity index (χ0v) is 12.4. The molecule has 2 heterocycles. The van der Waals surface area contributed by atoms with Crippen molar-refractivity contribution in [3.63, 3.8) is 0 Å². The standard InChI is InChI=1S/C13H17N5S/c1-8(6-14)7-18(4)11-10-5-9(2)19-12(10)17-13(15-3)16-11/h5,8H,7H2,1-4H3,(H,15,16,17). The molecular weight excluding hydrogens is 258 g/mol. The Labute approximate surface area is 116 Å². The number of aryl methyl sites for hydroxylation is 1. The molecule has 5 nitrogen and oxygen atoms in total. The topological polar surface area (TPSA) is 64.8 Å². The number of fused-ring (bicyclic) bond motifs is 1. The first-order valence-corrected chi connectivity index (χ1v) is 6.93. The van der Waals surface area contributed by atoms with Gasteiger partial charge in [0.1, 0.15) is 10.6 Å². The predicted octanol–water partition coefficient (Wildman–Crippen LogP) is 2.64. The zero-order chi connectivity index (χ0) is 14.0. The van der Waals surface area contributed by atoms with Crippen LogP contribution in [-0.2, 0) is 0 Å². The molecule has 0 radical (unpaired) electrons. The van der Waals surface area contributed by atoms with Gasteiger partial charge in [0.05, 0.1) is 17.4 Å². The van der Waals surface area contributed by atoms with E-state index in [9.17, 15) is 0 Å². The Hall–Kier alpha value is -1.87. The summed E-state index contributed by atoms with van der Waals surface area (Å²) in [6.07, 6.45) is 0. The largest absolute Gasteiger partial charge is 0.358 e. The lowest BCUT2D eigenvalue weighted by Crippen LogP contribution is -2.24. The molecule has 0 bridgehead atoms. The summed E-state index contributed by atoms with van der Waals surface area (Å²) in [7, 11) is 3.77. The molecule has 2 rings (SSSR count). The maximum Gasteiger partial charge on any atom is 0.225 e. The van der Waals surface area contributed by atoms with Gasteiger partial charge in [0, 0.05) is 25.5 Å². The summed E-state index contributed by atoms with van der Waals surface area (Å²) in [5, 5.41) is 13.0. The van der Waals surface area contributed by atoms with Crippen molar-refractivity contribution in [2.24, 2.45) is 5.92 Å². The van der Waals surface area contributed by atoms with Crippen LogP contribution in [0, 0.1) is 24.2 Å². The molecule has 0 saturated carbocycles. The number of aromatic nitrogens is 2. The summed E-state index contributed by atoms with van der Waals surface area (Å²) >= 11 is 1.66. The van der Waals surface area contributed by atoms with Crippen LogP contribution in [0.3, 0.4) is 0 Å². The second-order valence-electron chi connectivity index (χ2n) is 4.61. The minimum Gasteiger partial charge on any atom is -0.358 e. The van der Waals surface area contributed by atoms with Crippen molar-refractivity contribution in [2.45, 2.75) is 13.8 Å². The van der Waals surface area contributed by atoms with Gasteiger partial charge in [0.25, 0.3) is 0 Å². The fourth-order valence-electron chi connectivity index (χ4n) is 1.97. The van der Waals surface area contributed by atoms with Crippen molar-refractivity contribution < 1.29 is 0 Å². The van der Waals surface area contributed by atoms with Crippen molar-refractivity contribution in [2.75, 3.05) is 30.9 Å². The van der Waals surface area contributed by atoms with E-state index < -0.39 is 0 Å². The molecule has 0 saturated heterocycles. The summed E-state index contributed by atoms with van der Waals surface area (Å²) in [4.78, 5) is 13.2. The Morgan fingerprint density at radius 3 is 2.89 bits per heavy atom. The SMILES string of the molecule is CNc1nc(N(C)CC(C)C#N)c2cc(C)sc2n1. The number of thiophene rings is 1. The molecule has 100 valence electrons. The molecule has 0 spiro atoms. The second kappa shape index (κ2) is 5.41. The van der Waals surface area contributed by atoms with Gasteiger partial charge >= 0.3 is 0 Å². The molecule has 0 aromatic carbocycles. The molecule has 0 aliphatic heterocycles. The highest BCUT2D eigenvalue weighted by Gasteiger charge is 2.15. The molecular formula is C13H17N5S. The second-order valence-corrected chi connectivity index (χ2v) is 5.84. The molecule has 2 aromatic heterocycles. The third kappa shape index (κ3) is 2.76. The van der Waals surface area contributed by atoms with Gasteiger partial charge in [0.2, 0.25) is 5.95 Å². The van der Waals surface area contributed by atoms with Crippen LogP contribution in [0.1, 0.15) is 11.8 Å². The van der Waals surface area contributed by atoms with Gasteiger partial charge in [-0.25, -0.2) is 4.98 Å². The summed E-state index contributed by atoms with van der Waals surface area (Å²) in [5.74, 6) is 1.45. The lowest BCUT2D eigenvalue weighted by atomic mass is 10.2. The molecule has 1 N–H and O–H groups in total. The normalized spacial score (nSPS) is 12.2. The minimum atomic E-state index is -0.0345. The van der Waals surface area contributed by atoms with Gasteiger partial charge in [-0.15, -0.1) is 11.3 Å². The van der Waals surface area contributed by atoms with E-state index in [2.05, 4.69) is 34.3 Å². The van der Waals surface area contributed by atoms with Crippen molar-refractivity contribution in [1.29, 1.82) is 5.26 Å². The van der Waals surface area contributed by atoms with Crippen molar-refractivity contribution in [3.05, 3.63) is 10.9 Å². The van der Waals surface area contributed by atoms with Gasteiger partial charge in [-0.05, 0) is 19.9 Å².